The molecule has 104 valence electrons. The number of anilines is 2. The minimum absolute atomic E-state index is 0.307. The molecule has 0 bridgehead atoms. The van der Waals surface area contributed by atoms with Crippen molar-refractivity contribution in [3.63, 3.8) is 0 Å². The molecule has 0 spiro atoms. The molecule has 8 nitrogen and oxygen atoms in total. The van der Waals surface area contributed by atoms with Gasteiger partial charge in [0.25, 0.3) is 0 Å². The van der Waals surface area contributed by atoms with Crippen LogP contribution in [0.1, 0.15) is 12.7 Å². The van der Waals surface area contributed by atoms with Gasteiger partial charge in [0.15, 0.2) is 11.5 Å². The van der Waals surface area contributed by atoms with Crippen LogP contribution < -0.4 is 10.6 Å². The van der Waals surface area contributed by atoms with Crippen LogP contribution in [0.15, 0.2) is 29.1 Å². The van der Waals surface area contributed by atoms with Crippen LogP contribution in [0.5, 0.6) is 0 Å². The van der Waals surface area contributed by atoms with Crippen molar-refractivity contribution in [2.24, 2.45) is 0 Å². The molecular weight excluding hydrogens is 260 g/mol. The van der Waals surface area contributed by atoms with E-state index in [1.807, 2.05) is 12.1 Å². The minimum Gasteiger partial charge on any atom is -0.467 e. The molecule has 3 aromatic rings. The molecule has 1 atom stereocenters. The fourth-order valence-electron chi connectivity index (χ4n) is 1.80. The number of aromatic amines is 1. The summed E-state index contributed by atoms with van der Waals surface area (Å²) in [5.41, 5.74) is 1.22. The summed E-state index contributed by atoms with van der Waals surface area (Å²) in [6, 6.07) is 3.69. The van der Waals surface area contributed by atoms with Crippen LogP contribution >= 0.6 is 0 Å². The highest BCUT2D eigenvalue weighted by Gasteiger charge is 2.11. The van der Waals surface area contributed by atoms with Crippen LogP contribution in [0, 0.1) is 0 Å². The third-order valence-corrected chi connectivity index (χ3v) is 2.63. The quantitative estimate of drug-likeness (QED) is 0.519. The topological polar surface area (TPSA) is 112 Å². The molecule has 0 aliphatic heterocycles. The zero-order valence-electron chi connectivity index (χ0n) is 10.8. The highest BCUT2D eigenvalue weighted by Crippen LogP contribution is 2.19. The molecule has 4 N–H and O–H groups in total. The van der Waals surface area contributed by atoms with E-state index in [0.717, 1.165) is 5.76 Å². The number of imidazole rings is 1. The fraction of sp³-hybridized carbons (Fsp3) is 0.250. The first kappa shape index (κ1) is 12.4. The molecule has 0 radical (unpaired) electrons. The minimum atomic E-state index is -0.746. The van der Waals surface area contributed by atoms with Gasteiger partial charge in [0.2, 0.25) is 5.95 Å². The second kappa shape index (κ2) is 5.17. The third-order valence-electron chi connectivity index (χ3n) is 2.63. The fourth-order valence-corrected chi connectivity index (χ4v) is 1.80. The number of aliphatic hydroxyl groups excluding tert-OH is 1. The summed E-state index contributed by atoms with van der Waals surface area (Å²) in [4.78, 5) is 15.6. The first-order valence-corrected chi connectivity index (χ1v) is 6.14. The van der Waals surface area contributed by atoms with Crippen LogP contribution in [-0.2, 0) is 6.54 Å². The number of hydrogen-bond donors (Lipinski definition) is 4. The number of nitrogens with one attached hydrogen (secondary N) is 3. The second-order valence-electron chi connectivity index (χ2n) is 4.25. The molecule has 3 aromatic heterocycles. The van der Waals surface area contributed by atoms with E-state index < -0.39 is 6.23 Å². The van der Waals surface area contributed by atoms with Crippen molar-refractivity contribution in [3.8, 4) is 0 Å². The van der Waals surface area contributed by atoms with Crippen molar-refractivity contribution in [1.29, 1.82) is 0 Å². The molecule has 0 saturated heterocycles. The Morgan fingerprint density at radius 1 is 1.45 bits per heavy atom. The van der Waals surface area contributed by atoms with E-state index in [1.54, 1.807) is 19.5 Å². The third kappa shape index (κ3) is 2.54. The lowest BCUT2D eigenvalue weighted by Crippen LogP contribution is -2.16. The lowest BCUT2D eigenvalue weighted by Gasteiger charge is -2.10. The molecule has 3 rings (SSSR count). The Hall–Kier alpha value is -2.61. The maximum Gasteiger partial charge on any atom is 0.228 e. The van der Waals surface area contributed by atoms with Crippen molar-refractivity contribution in [3.05, 3.63) is 30.5 Å². The Bertz CT molecular complexity index is 691. The van der Waals surface area contributed by atoms with Crippen LogP contribution in [0.4, 0.5) is 11.8 Å². The summed E-state index contributed by atoms with van der Waals surface area (Å²) in [7, 11) is 0. The van der Waals surface area contributed by atoms with Crippen molar-refractivity contribution in [2.45, 2.75) is 19.7 Å². The molecule has 0 aliphatic rings. The summed E-state index contributed by atoms with van der Waals surface area (Å²) in [5, 5.41) is 15.2. The van der Waals surface area contributed by atoms with E-state index in [-0.39, 0.29) is 0 Å². The molecule has 8 heteroatoms. The predicted octanol–water partition coefficient (Wildman–Crippen LogP) is 1.31. The number of aliphatic hydroxyl groups is 1. The van der Waals surface area contributed by atoms with Crippen LogP contribution in [0.25, 0.3) is 11.2 Å². The van der Waals surface area contributed by atoms with Crippen molar-refractivity contribution in [2.75, 3.05) is 10.6 Å². The summed E-state index contributed by atoms with van der Waals surface area (Å²) in [6.45, 7) is 2.08. The maximum absolute atomic E-state index is 9.34. The number of H-pyrrole nitrogens is 1. The standard InChI is InChI=1S/C12H14N6O2/c1-7(19)16-12-17-10(9-11(18-12)15-6-14-9)13-5-8-3-2-4-20-8/h2-4,6-7,19H,5H2,1H3,(H3,13,14,15,16,17,18). The Morgan fingerprint density at radius 3 is 3.10 bits per heavy atom. The molecule has 0 aliphatic carbocycles. The van der Waals surface area contributed by atoms with Crippen molar-refractivity contribution < 1.29 is 9.52 Å². The van der Waals surface area contributed by atoms with Gasteiger partial charge in [-0.3, -0.25) is 0 Å². The average molecular weight is 274 g/mol. The largest absolute Gasteiger partial charge is 0.467 e. The van der Waals surface area contributed by atoms with Gasteiger partial charge < -0.3 is 25.1 Å². The summed E-state index contributed by atoms with van der Waals surface area (Å²) in [6.07, 6.45) is 2.41. The lowest BCUT2D eigenvalue weighted by atomic mass is 10.4. The van der Waals surface area contributed by atoms with Gasteiger partial charge in [-0.1, -0.05) is 0 Å². The van der Waals surface area contributed by atoms with Gasteiger partial charge in [-0.25, -0.2) is 4.98 Å². The van der Waals surface area contributed by atoms with Crippen LogP contribution in [0.3, 0.4) is 0 Å². The molecular formula is C12H14N6O2. The van der Waals surface area contributed by atoms with Gasteiger partial charge in [-0.2, -0.15) is 9.97 Å². The number of aromatic nitrogens is 4. The SMILES string of the molecule is CC(O)Nc1nc(NCc2ccco2)c2[nH]cnc2n1. The van der Waals surface area contributed by atoms with E-state index in [0.29, 0.717) is 29.5 Å². The maximum atomic E-state index is 9.34. The molecule has 0 saturated carbocycles. The van der Waals surface area contributed by atoms with Gasteiger partial charge >= 0.3 is 0 Å². The van der Waals surface area contributed by atoms with E-state index in [2.05, 4.69) is 30.6 Å². The zero-order chi connectivity index (χ0) is 13.9. The smallest absolute Gasteiger partial charge is 0.228 e. The molecule has 20 heavy (non-hydrogen) atoms. The summed E-state index contributed by atoms with van der Waals surface area (Å²) >= 11 is 0. The van der Waals surface area contributed by atoms with Crippen molar-refractivity contribution >= 4 is 22.9 Å². The Morgan fingerprint density at radius 2 is 2.35 bits per heavy atom. The monoisotopic (exact) mass is 274 g/mol. The molecule has 0 aromatic carbocycles. The first-order valence-electron chi connectivity index (χ1n) is 6.14. The van der Waals surface area contributed by atoms with Gasteiger partial charge in [0.05, 0.1) is 19.1 Å². The Kier molecular flexibility index (Phi) is 3.21. The molecule has 3 heterocycles. The molecule has 0 amide bonds. The van der Waals surface area contributed by atoms with Crippen molar-refractivity contribution in [1.82, 2.24) is 19.9 Å². The number of furan rings is 1. The van der Waals surface area contributed by atoms with Gasteiger partial charge in [-0.15, -0.1) is 0 Å². The number of hydrogen-bond acceptors (Lipinski definition) is 7. The van der Waals surface area contributed by atoms with Crippen LogP contribution in [0.2, 0.25) is 0 Å². The number of nitrogens with zero attached hydrogens (tertiary/aromatic N) is 3. The normalized spacial score (nSPS) is 12.5. The Balaban J connectivity index is 1.88. The predicted molar refractivity (Wildman–Crippen MR) is 73.0 cm³/mol. The van der Waals surface area contributed by atoms with Gasteiger partial charge in [0, 0.05) is 0 Å². The van der Waals surface area contributed by atoms with E-state index >= 15 is 0 Å². The molecule has 0 fully saturated rings. The highest BCUT2D eigenvalue weighted by atomic mass is 16.3. The van der Waals surface area contributed by atoms with Gasteiger partial charge in [-0.05, 0) is 19.1 Å². The lowest BCUT2D eigenvalue weighted by molar-refractivity contribution is 0.223. The summed E-state index contributed by atoms with van der Waals surface area (Å²) in [5.74, 6) is 1.69. The number of rotatable bonds is 5. The average Bonchev–Trinajstić information content (AvgIpc) is 3.05. The van der Waals surface area contributed by atoms with E-state index in [4.69, 9.17) is 4.42 Å². The van der Waals surface area contributed by atoms with E-state index in [1.165, 1.54) is 0 Å². The van der Waals surface area contributed by atoms with Gasteiger partial charge in [0.1, 0.15) is 17.5 Å². The number of fused-ring (bicyclic) bond motifs is 1. The highest BCUT2D eigenvalue weighted by molar-refractivity contribution is 5.83. The second-order valence-corrected chi connectivity index (χ2v) is 4.25. The van der Waals surface area contributed by atoms with E-state index in [9.17, 15) is 5.11 Å². The zero-order valence-corrected chi connectivity index (χ0v) is 10.8. The van der Waals surface area contributed by atoms with Crippen LogP contribution in [-0.4, -0.2) is 31.3 Å². The molecule has 1 unspecified atom stereocenters. The summed E-state index contributed by atoms with van der Waals surface area (Å²) < 4.78 is 5.26. The first-order chi connectivity index (χ1) is 9.72. The Labute approximate surface area is 114 Å².